The zero-order valence-electron chi connectivity index (χ0n) is 13.0. The Balaban J connectivity index is 1.93. The molecule has 21 heavy (non-hydrogen) atoms. The minimum absolute atomic E-state index is 0.00393. The number of aromatic nitrogens is 1. The minimum Gasteiger partial charge on any atom is -0.372 e. The monoisotopic (exact) mass is 311 g/mol. The van der Waals surface area contributed by atoms with Crippen LogP contribution in [0.5, 0.6) is 0 Å². The molecule has 0 aromatic carbocycles. The van der Waals surface area contributed by atoms with Gasteiger partial charge in [0.05, 0.1) is 12.1 Å². The molecular formula is C15H25N3O2S. The van der Waals surface area contributed by atoms with Crippen LogP contribution in [0.15, 0.2) is 5.38 Å². The van der Waals surface area contributed by atoms with Gasteiger partial charge in [-0.2, -0.15) is 0 Å². The quantitative estimate of drug-likeness (QED) is 0.904. The molecule has 0 radical (unpaired) electrons. The van der Waals surface area contributed by atoms with Gasteiger partial charge in [0.2, 0.25) is 5.91 Å². The molecule has 0 saturated carbocycles. The lowest BCUT2D eigenvalue weighted by molar-refractivity contribution is -0.133. The number of thiazole rings is 1. The van der Waals surface area contributed by atoms with E-state index in [4.69, 9.17) is 10.5 Å². The van der Waals surface area contributed by atoms with Crippen LogP contribution in [0.1, 0.15) is 50.4 Å². The van der Waals surface area contributed by atoms with Gasteiger partial charge in [0, 0.05) is 30.6 Å². The maximum absolute atomic E-state index is 12.4. The SMILES string of the molecule is CCOC(C)c1nc(CC(=O)N2CCC(N)CC2C)cs1. The number of hydrogen-bond donors (Lipinski definition) is 1. The lowest BCUT2D eigenvalue weighted by atomic mass is 9.98. The van der Waals surface area contributed by atoms with Gasteiger partial charge in [-0.1, -0.05) is 0 Å². The topological polar surface area (TPSA) is 68.5 Å². The van der Waals surface area contributed by atoms with Crippen LogP contribution in [-0.2, 0) is 16.0 Å². The van der Waals surface area contributed by atoms with Crippen molar-refractivity contribution in [2.75, 3.05) is 13.2 Å². The predicted octanol–water partition coefficient (Wildman–Crippen LogP) is 2.12. The Morgan fingerprint density at radius 2 is 2.43 bits per heavy atom. The molecule has 5 nitrogen and oxygen atoms in total. The number of carbonyl (C=O) groups excluding carboxylic acids is 1. The Hall–Kier alpha value is -0.980. The molecule has 1 saturated heterocycles. The number of nitrogens with two attached hydrogens (primary N) is 1. The molecule has 1 aromatic heterocycles. The number of carbonyl (C=O) groups is 1. The molecule has 2 N–H and O–H groups in total. The van der Waals surface area contributed by atoms with E-state index in [2.05, 4.69) is 11.9 Å². The van der Waals surface area contributed by atoms with E-state index in [-0.39, 0.29) is 24.1 Å². The molecule has 0 spiro atoms. The van der Waals surface area contributed by atoms with Crippen molar-refractivity contribution >= 4 is 17.2 Å². The van der Waals surface area contributed by atoms with E-state index in [1.807, 2.05) is 24.1 Å². The van der Waals surface area contributed by atoms with E-state index in [0.717, 1.165) is 30.1 Å². The Bertz CT molecular complexity index is 477. The molecule has 2 heterocycles. The number of likely N-dealkylation sites (tertiary alicyclic amines) is 1. The third kappa shape index (κ3) is 4.25. The summed E-state index contributed by atoms with van der Waals surface area (Å²) in [5.41, 5.74) is 6.78. The van der Waals surface area contributed by atoms with Crippen molar-refractivity contribution in [3.63, 3.8) is 0 Å². The third-order valence-corrected chi connectivity index (χ3v) is 4.96. The molecule has 3 unspecified atom stereocenters. The number of nitrogens with zero attached hydrogens (tertiary/aromatic N) is 2. The summed E-state index contributed by atoms with van der Waals surface area (Å²) in [5.74, 6) is 0.148. The van der Waals surface area contributed by atoms with E-state index in [1.165, 1.54) is 0 Å². The van der Waals surface area contributed by atoms with E-state index in [0.29, 0.717) is 13.0 Å². The average molecular weight is 311 g/mol. The molecule has 2 rings (SSSR count). The third-order valence-electron chi connectivity index (χ3n) is 3.90. The van der Waals surface area contributed by atoms with E-state index in [9.17, 15) is 4.79 Å². The Kier molecular flexibility index (Phi) is 5.72. The Labute approximate surface area is 130 Å². The lowest BCUT2D eigenvalue weighted by Gasteiger charge is -2.36. The maximum atomic E-state index is 12.4. The number of rotatable bonds is 5. The summed E-state index contributed by atoms with van der Waals surface area (Å²) >= 11 is 1.56. The zero-order valence-corrected chi connectivity index (χ0v) is 13.9. The zero-order chi connectivity index (χ0) is 15.4. The van der Waals surface area contributed by atoms with Crippen LogP contribution >= 0.6 is 11.3 Å². The van der Waals surface area contributed by atoms with Crippen LogP contribution in [0.3, 0.4) is 0 Å². The maximum Gasteiger partial charge on any atom is 0.228 e. The molecule has 0 aliphatic carbocycles. The fourth-order valence-corrected chi connectivity index (χ4v) is 3.57. The van der Waals surface area contributed by atoms with Crippen molar-refractivity contribution in [2.24, 2.45) is 5.73 Å². The molecule has 1 aromatic rings. The fraction of sp³-hybridized carbons (Fsp3) is 0.733. The second-order valence-electron chi connectivity index (χ2n) is 5.67. The van der Waals surface area contributed by atoms with Gasteiger partial charge >= 0.3 is 0 Å². The van der Waals surface area contributed by atoms with Crippen molar-refractivity contribution in [3.8, 4) is 0 Å². The molecule has 118 valence electrons. The summed E-state index contributed by atoms with van der Waals surface area (Å²) in [6.07, 6.45) is 2.14. The van der Waals surface area contributed by atoms with Gasteiger partial charge in [-0.15, -0.1) is 11.3 Å². The molecule has 3 atom stereocenters. The first-order valence-electron chi connectivity index (χ1n) is 7.62. The first-order valence-corrected chi connectivity index (χ1v) is 8.50. The molecular weight excluding hydrogens is 286 g/mol. The van der Waals surface area contributed by atoms with Gasteiger partial charge in [0.15, 0.2) is 0 Å². The number of piperidine rings is 1. The Morgan fingerprint density at radius 1 is 1.67 bits per heavy atom. The van der Waals surface area contributed by atoms with Crippen LogP contribution in [0.4, 0.5) is 0 Å². The summed E-state index contributed by atoms with van der Waals surface area (Å²) in [6.45, 7) is 7.45. The standard InChI is InChI=1S/C15H25N3O2S/c1-4-20-11(3)15-17-13(9-21-15)8-14(19)18-6-5-12(16)7-10(18)2/h9-12H,4-8,16H2,1-3H3. The van der Waals surface area contributed by atoms with Crippen molar-refractivity contribution in [1.29, 1.82) is 0 Å². The molecule has 1 fully saturated rings. The van der Waals surface area contributed by atoms with Crippen molar-refractivity contribution in [3.05, 3.63) is 16.1 Å². The second kappa shape index (κ2) is 7.33. The number of ether oxygens (including phenoxy) is 1. The largest absolute Gasteiger partial charge is 0.372 e. The predicted molar refractivity (Wildman–Crippen MR) is 84.2 cm³/mol. The van der Waals surface area contributed by atoms with Crippen LogP contribution in [0.2, 0.25) is 0 Å². The molecule has 1 amide bonds. The molecule has 6 heteroatoms. The summed E-state index contributed by atoms with van der Waals surface area (Å²) in [6, 6.07) is 0.448. The highest BCUT2D eigenvalue weighted by Gasteiger charge is 2.27. The fourth-order valence-electron chi connectivity index (χ4n) is 2.75. The number of hydrogen-bond acceptors (Lipinski definition) is 5. The first kappa shape index (κ1) is 16.4. The summed E-state index contributed by atoms with van der Waals surface area (Å²) in [4.78, 5) is 18.9. The average Bonchev–Trinajstić information content (AvgIpc) is 2.87. The molecule has 1 aliphatic rings. The molecule has 0 bridgehead atoms. The van der Waals surface area contributed by atoms with Crippen molar-refractivity contribution in [1.82, 2.24) is 9.88 Å². The van der Waals surface area contributed by atoms with Gasteiger partial charge in [-0.3, -0.25) is 4.79 Å². The highest BCUT2D eigenvalue weighted by atomic mass is 32.1. The van der Waals surface area contributed by atoms with Gasteiger partial charge < -0.3 is 15.4 Å². The second-order valence-corrected chi connectivity index (χ2v) is 6.56. The van der Waals surface area contributed by atoms with Gasteiger partial charge in [-0.25, -0.2) is 4.98 Å². The summed E-state index contributed by atoms with van der Waals surface area (Å²) < 4.78 is 5.53. The van der Waals surface area contributed by atoms with E-state index >= 15 is 0 Å². The number of amides is 1. The highest BCUT2D eigenvalue weighted by molar-refractivity contribution is 7.09. The lowest BCUT2D eigenvalue weighted by Crippen LogP contribution is -2.48. The van der Waals surface area contributed by atoms with Gasteiger partial charge in [-0.05, 0) is 33.6 Å². The van der Waals surface area contributed by atoms with Gasteiger partial charge in [0.25, 0.3) is 0 Å². The van der Waals surface area contributed by atoms with Crippen LogP contribution in [0.25, 0.3) is 0 Å². The van der Waals surface area contributed by atoms with Crippen molar-refractivity contribution < 1.29 is 9.53 Å². The highest BCUT2D eigenvalue weighted by Crippen LogP contribution is 2.22. The van der Waals surface area contributed by atoms with Crippen LogP contribution in [0, 0.1) is 0 Å². The Morgan fingerprint density at radius 3 is 3.10 bits per heavy atom. The summed E-state index contributed by atoms with van der Waals surface area (Å²) in [7, 11) is 0. The molecule has 1 aliphatic heterocycles. The smallest absolute Gasteiger partial charge is 0.228 e. The normalized spacial score (nSPS) is 24.1. The first-order chi connectivity index (χ1) is 10.0. The minimum atomic E-state index is -0.00393. The van der Waals surface area contributed by atoms with Crippen LogP contribution in [-0.4, -0.2) is 41.0 Å². The van der Waals surface area contributed by atoms with E-state index < -0.39 is 0 Å². The summed E-state index contributed by atoms with van der Waals surface area (Å²) in [5, 5.41) is 2.90. The van der Waals surface area contributed by atoms with Gasteiger partial charge in [0.1, 0.15) is 11.1 Å². The van der Waals surface area contributed by atoms with Crippen LogP contribution < -0.4 is 5.73 Å². The van der Waals surface area contributed by atoms with E-state index in [1.54, 1.807) is 11.3 Å². The van der Waals surface area contributed by atoms with Crippen molar-refractivity contribution in [2.45, 2.75) is 58.2 Å².